The molecule has 0 heterocycles. The molecule has 0 aliphatic heterocycles. The third-order valence-corrected chi connectivity index (χ3v) is 3.55. The first-order valence-electron chi connectivity index (χ1n) is 6.55. The molecule has 0 aromatic heterocycles. The van der Waals surface area contributed by atoms with Crippen molar-refractivity contribution in [3.63, 3.8) is 0 Å². The lowest BCUT2D eigenvalue weighted by atomic mass is 10.1. The van der Waals surface area contributed by atoms with Crippen molar-refractivity contribution in [2.24, 2.45) is 0 Å². The number of Topliss-reactive ketones (excluding diaryl/α,β-unsaturated/α-hetero) is 1. The molecule has 7 heteroatoms. The van der Waals surface area contributed by atoms with E-state index in [0.29, 0.717) is 10.0 Å². The minimum Gasteiger partial charge on any atom is -0.484 e. The van der Waals surface area contributed by atoms with E-state index in [1.807, 2.05) is 0 Å². The number of hydrogen-bond donors (Lipinski definition) is 1. The molecule has 0 aliphatic carbocycles. The summed E-state index contributed by atoms with van der Waals surface area (Å²) in [5.74, 6) is -1.46. The highest BCUT2D eigenvalue weighted by Gasteiger charge is 2.12. The highest BCUT2D eigenvalue weighted by atomic mass is 35.5. The minimum atomic E-state index is -0.704. The molecular weight excluding hydrogens is 344 g/mol. The van der Waals surface area contributed by atoms with Gasteiger partial charge in [-0.05, 0) is 31.2 Å². The number of rotatable bonds is 5. The quantitative estimate of drug-likeness (QED) is 0.811. The first kappa shape index (κ1) is 17.2. The Bertz CT molecular complexity index is 745. The number of amides is 1. The second kappa shape index (κ2) is 7.44. The fourth-order valence-electron chi connectivity index (χ4n) is 1.81. The van der Waals surface area contributed by atoms with Crippen LogP contribution in [0.25, 0.3) is 0 Å². The van der Waals surface area contributed by atoms with Crippen LogP contribution in [0, 0.1) is 5.82 Å². The highest BCUT2D eigenvalue weighted by Crippen LogP contribution is 2.29. The van der Waals surface area contributed by atoms with Gasteiger partial charge in [0.1, 0.15) is 11.6 Å². The Labute approximate surface area is 142 Å². The molecule has 23 heavy (non-hydrogen) atoms. The molecule has 120 valence electrons. The number of ether oxygens (including phenoxy) is 1. The molecule has 0 fully saturated rings. The van der Waals surface area contributed by atoms with E-state index in [2.05, 4.69) is 5.32 Å². The van der Waals surface area contributed by atoms with Crippen LogP contribution in [-0.4, -0.2) is 18.3 Å². The summed E-state index contributed by atoms with van der Waals surface area (Å²) < 4.78 is 18.8. The predicted molar refractivity (Wildman–Crippen MR) is 87.0 cm³/mol. The van der Waals surface area contributed by atoms with Crippen molar-refractivity contribution in [1.29, 1.82) is 0 Å². The summed E-state index contributed by atoms with van der Waals surface area (Å²) in [7, 11) is 0. The van der Waals surface area contributed by atoms with E-state index in [4.69, 9.17) is 27.9 Å². The van der Waals surface area contributed by atoms with Crippen LogP contribution in [-0.2, 0) is 4.79 Å². The van der Waals surface area contributed by atoms with Crippen molar-refractivity contribution in [3.8, 4) is 5.75 Å². The SMILES string of the molecule is CC(=O)c1ccc(OCC(=O)Nc2c(Cl)cccc2Cl)cc1F. The number of nitrogens with one attached hydrogen (secondary N) is 1. The van der Waals surface area contributed by atoms with E-state index in [1.54, 1.807) is 18.2 Å². The minimum absolute atomic E-state index is 0.0374. The number of carbonyl (C=O) groups is 2. The molecule has 4 nitrogen and oxygen atoms in total. The molecule has 0 bridgehead atoms. The smallest absolute Gasteiger partial charge is 0.262 e. The molecule has 1 amide bonds. The molecule has 1 N–H and O–H groups in total. The molecule has 0 saturated heterocycles. The molecule has 0 spiro atoms. The third kappa shape index (κ3) is 4.43. The number of hydrogen-bond acceptors (Lipinski definition) is 3. The normalized spacial score (nSPS) is 10.3. The van der Waals surface area contributed by atoms with Gasteiger partial charge < -0.3 is 10.1 Å². The number of ketones is 1. The van der Waals surface area contributed by atoms with Gasteiger partial charge in [-0.3, -0.25) is 9.59 Å². The van der Waals surface area contributed by atoms with E-state index in [0.717, 1.165) is 6.07 Å². The maximum absolute atomic E-state index is 13.6. The summed E-state index contributed by atoms with van der Waals surface area (Å²) in [5, 5.41) is 3.11. The van der Waals surface area contributed by atoms with Crippen LogP contribution in [0.1, 0.15) is 17.3 Å². The second-order valence-electron chi connectivity index (χ2n) is 4.63. The lowest BCUT2D eigenvalue weighted by molar-refractivity contribution is -0.118. The summed E-state index contributed by atoms with van der Waals surface area (Å²) in [6.07, 6.45) is 0. The first-order chi connectivity index (χ1) is 10.9. The molecule has 2 aromatic rings. The summed E-state index contributed by atoms with van der Waals surface area (Å²) in [6, 6.07) is 8.58. The Hall–Kier alpha value is -2.11. The van der Waals surface area contributed by atoms with Gasteiger partial charge in [0, 0.05) is 6.07 Å². The van der Waals surface area contributed by atoms with Gasteiger partial charge in [-0.2, -0.15) is 0 Å². The van der Waals surface area contributed by atoms with Crippen LogP contribution in [0.5, 0.6) is 5.75 Å². The maximum atomic E-state index is 13.6. The van der Waals surface area contributed by atoms with Gasteiger partial charge in [0.05, 0.1) is 21.3 Å². The zero-order valence-corrected chi connectivity index (χ0v) is 13.5. The zero-order chi connectivity index (χ0) is 17.0. The van der Waals surface area contributed by atoms with Crippen LogP contribution >= 0.6 is 23.2 Å². The van der Waals surface area contributed by atoms with Crippen molar-refractivity contribution in [2.75, 3.05) is 11.9 Å². The molecule has 2 aromatic carbocycles. The van der Waals surface area contributed by atoms with Crippen molar-refractivity contribution >= 4 is 40.6 Å². The van der Waals surface area contributed by atoms with Crippen LogP contribution in [0.15, 0.2) is 36.4 Å². The summed E-state index contributed by atoms with van der Waals surface area (Å²) >= 11 is 11.9. The molecule has 0 saturated carbocycles. The number of para-hydroxylation sites is 1. The molecule has 0 atom stereocenters. The van der Waals surface area contributed by atoms with Crippen LogP contribution in [0.4, 0.5) is 10.1 Å². The van der Waals surface area contributed by atoms with Gasteiger partial charge in [-0.1, -0.05) is 29.3 Å². The topological polar surface area (TPSA) is 55.4 Å². The average Bonchev–Trinajstić information content (AvgIpc) is 2.49. The fourth-order valence-corrected chi connectivity index (χ4v) is 2.30. The molecule has 2 rings (SSSR count). The number of benzene rings is 2. The lowest BCUT2D eigenvalue weighted by Crippen LogP contribution is -2.20. The van der Waals surface area contributed by atoms with E-state index in [9.17, 15) is 14.0 Å². The monoisotopic (exact) mass is 355 g/mol. The maximum Gasteiger partial charge on any atom is 0.262 e. The third-order valence-electron chi connectivity index (χ3n) is 2.92. The number of halogens is 3. The highest BCUT2D eigenvalue weighted by molar-refractivity contribution is 6.39. The summed E-state index contributed by atoms with van der Waals surface area (Å²) in [4.78, 5) is 23.0. The van der Waals surface area contributed by atoms with Crippen molar-refractivity contribution in [2.45, 2.75) is 6.92 Å². The molecular formula is C16H12Cl2FNO3. The van der Waals surface area contributed by atoms with E-state index in [1.165, 1.54) is 19.1 Å². The van der Waals surface area contributed by atoms with Crippen LogP contribution in [0.2, 0.25) is 10.0 Å². The van der Waals surface area contributed by atoms with E-state index < -0.39 is 11.7 Å². The first-order valence-corrected chi connectivity index (χ1v) is 7.31. The van der Waals surface area contributed by atoms with Crippen molar-refractivity contribution in [3.05, 3.63) is 57.8 Å². The standard InChI is InChI=1S/C16H12Cl2FNO3/c1-9(21)11-6-5-10(7-14(11)19)23-8-15(22)20-16-12(17)3-2-4-13(16)18/h2-7H,8H2,1H3,(H,20,22). The largest absolute Gasteiger partial charge is 0.484 e. The van der Waals surface area contributed by atoms with Gasteiger partial charge in [0.15, 0.2) is 12.4 Å². The van der Waals surface area contributed by atoms with Gasteiger partial charge in [-0.15, -0.1) is 0 Å². The lowest BCUT2D eigenvalue weighted by Gasteiger charge is -2.10. The summed E-state index contributed by atoms with van der Waals surface area (Å²) in [6.45, 7) is 0.903. The molecule has 0 radical (unpaired) electrons. The Morgan fingerprint density at radius 2 is 1.83 bits per heavy atom. The van der Waals surface area contributed by atoms with Crippen LogP contribution < -0.4 is 10.1 Å². The molecule has 0 aliphatic rings. The Morgan fingerprint density at radius 3 is 2.39 bits per heavy atom. The summed E-state index contributed by atoms with van der Waals surface area (Å²) in [5.41, 5.74) is 0.243. The van der Waals surface area contributed by atoms with Crippen molar-refractivity contribution < 1.29 is 18.7 Å². The van der Waals surface area contributed by atoms with Crippen molar-refractivity contribution in [1.82, 2.24) is 0 Å². The van der Waals surface area contributed by atoms with Crippen LogP contribution in [0.3, 0.4) is 0 Å². The van der Waals surface area contributed by atoms with Gasteiger partial charge in [0.2, 0.25) is 0 Å². The molecule has 0 unspecified atom stereocenters. The predicted octanol–water partition coefficient (Wildman–Crippen LogP) is 4.35. The van der Waals surface area contributed by atoms with Gasteiger partial charge in [-0.25, -0.2) is 4.39 Å². The van der Waals surface area contributed by atoms with E-state index in [-0.39, 0.29) is 29.4 Å². The number of anilines is 1. The fraction of sp³-hybridized carbons (Fsp3) is 0.125. The van der Waals surface area contributed by atoms with Gasteiger partial charge >= 0.3 is 0 Å². The van der Waals surface area contributed by atoms with Gasteiger partial charge in [0.25, 0.3) is 5.91 Å². The number of carbonyl (C=O) groups excluding carboxylic acids is 2. The van der Waals surface area contributed by atoms with E-state index >= 15 is 0 Å². The Balaban J connectivity index is 2.00. The zero-order valence-electron chi connectivity index (χ0n) is 12.0. The Morgan fingerprint density at radius 1 is 1.17 bits per heavy atom. The Kier molecular flexibility index (Phi) is 5.58. The second-order valence-corrected chi connectivity index (χ2v) is 5.45. The average molecular weight is 356 g/mol.